The molecule has 2 heterocycles. The standard InChI is InChI=1S/C12H12FN3OS/c13-8-3-1-2-7(4-8)11-15-12(17-16-11)9-5-18-6-10(9)14/h1-4,9-10H,5-6,14H2. The summed E-state index contributed by atoms with van der Waals surface area (Å²) in [5.41, 5.74) is 6.59. The molecule has 1 saturated heterocycles. The molecule has 0 bridgehead atoms. The number of nitrogens with two attached hydrogens (primary N) is 1. The fourth-order valence-corrected chi connectivity index (χ4v) is 3.24. The lowest BCUT2D eigenvalue weighted by atomic mass is 10.1. The van der Waals surface area contributed by atoms with Crippen LogP contribution in [-0.2, 0) is 0 Å². The zero-order chi connectivity index (χ0) is 12.5. The average molecular weight is 265 g/mol. The number of thioether (sulfide) groups is 1. The quantitative estimate of drug-likeness (QED) is 0.900. The summed E-state index contributed by atoms with van der Waals surface area (Å²) in [4.78, 5) is 4.32. The van der Waals surface area contributed by atoms with Crippen molar-refractivity contribution in [3.05, 3.63) is 36.0 Å². The monoisotopic (exact) mass is 265 g/mol. The number of hydrogen-bond acceptors (Lipinski definition) is 5. The molecule has 2 aromatic rings. The summed E-state index contributed by atoms with van der Waals surface area (Å²) in [7, 11) is 0. The molecule has 3 rings (SSSR count). The number of benzene rings is 1. The van der Waals surface area contributed by atoms with Crippen LogP contribution in [0.15, 0.2) is 28.8 Å². The highest BCUT2D eigenvalue weighted by atomic mass is 32.2. The minimum absolute atomic E-state index is 0.0517. The van der Waals surface area contributed by atoms with Crippen LogP contribution >= 0.6 is 11.8 Å². The molecule has 0 saturated carbocycles. The van der Waals surface area contributed by atoms with Crippen LogP contribution in [0.25, 0.3) is 11.4 Å². The number of aromatic nitrogens is 2. The first-order valence-corrected chi connectivity index (χ1v) is 6.82. The van der Waals surface area contributed by atoms with E-state index in [1.54, 1.807) is 23.9 Å². The topological polar surface area (TPSA) is 64.9 Å². The lowest BCUT2D eigenvalue weighted by Crippen LogP contribution is -2.26. The Kier molecular flexibility index (Phi) is 3.05. The minimum atomic E-state index is -0.313. The third kappa shape index (κ3) is 2.13. The van der Waals surface area contributed by atoms with Crippen molar-refractivity contribution in [2.45, 2.75) is 12.0 Å². The van der Waals surface area contributed by atoms with Crippen LogP contribution in [0, 0.1) is 5.82 Å². The van der Waals surface area contributed by atoms with Crippen LogP contribution < -0.4 is 5.73 Å². The third-order valence-electron chi connectivity index (χ3n) is 2.97. The van der Waals surface area contributed by atoms with E-state index in [1.165, 1.54) is 12.1 Å². The Hall–Kier alpha value is -1.40. The maximum atomic E-state index is 13.1. The molecule has 0 amide bonds. The zero-order valence-corrected chi connectivity index (χ0v) is 10.4. The van der Waals surface area contributed by atoms with Crippen molar-refractivity contribution in [2.75, 3.05) is 11.5 Å². The van der Waals surface area contributed by atoms with Crippen molar-refractivity contribution in [3.63, 3.8) is 0 Å². The SMILES string of the molecule is NC1CSCC1c1nc(-c2cccc(F)c2)no1. The number of hydrogen-bond donors (Lipinski definition) is 1. The molecule has 1 aliphatic rings. The van der Waals surface area contributed by atoms with Crippen LogP contribution in [0.3, 0.4) is 0 Å². The Balaban J connectivity index is 1.89. The molecule has 1 aromatic carbocycles. The smallest absolute Gasteiger partial charge is 0.232 e. The van der Waals surface area contributed by atoms with Crippen LogP contribution in [-0.4, -0.2) is 27.7 Å². The van der Waals surface area contributed by atoms with E-state index in [4.69, 9.17) is 10.3 Å². The van der Waals surface area contributed by atoms with Crippen molar-refractivity contribution in [1.29, 1.82) is 0 Å². The molecule has 0 spiro atoms. The Bertz CT molecular complexity index is 560. The van der Waals surface area contributed by atoms with Gasteiger partial charge in [-0.2, -0.15) is 16.7 Å². The van der Waals surface area contributed by atoms with E-state index in [0.717, 1.165) is 11.5 Å². The summed E-state index contributed by atoms with van der Waals surface area (Å²) in [6.45, 7) is 0. The fourth-order valence-electron chi connectivity index (χ4n) is 1.96. The van der Waals surface area contributed by atoms with Crippen LogP contribution in [0.5, 0.6) is 0 Å². The van der Waals surface area contributed by atoms with Gasteiger partial charge in [0.1, 0.15) is 5.82 Å². The van der Waals surface area contributed by atoms with E-state index in [2.05, 4.69) is 10.1 Å². The Morgan fingerprint density at radius 1 is 1.39 bits per heavy atom. The molecule has 1 aliphatic heterocycles. The van der Waals surface area contributed by atoms with E-state index < -0.39 is 0 Å². The van der Waals surface area contributed by atoms with Gasteiger partial charge in [0.15, 0.2) is 0 Å². The van der Waals surface area contributed by atoms with Gasteiger partial charge in [0.25, 0.3) is 0 Å². The number of halogens is 1. The molecule has 0 radical (unpaired) electrons. The first-order valence-electron chi connectivity index (χ1n) is 5.67. The van der Waals surface area contributed by atoms with Gasteiger partial charge in [-0.05, 0) is 12.1 Å². The lowest BCUT2D eigenvalue weighted by molar-refractivity contribution is 0.352. The molecule has 1 aromatic heterocycles. The highest BCUT2D eigenvalue weighted by molar-refractivity contribution is 7.99. The van der Waals surface area contributed by atoms with Crippen LogP contribution in [0.2, 0.25) is 0 Å². The predicted molar refractivity (Wildman–Crippen MR) is 67.7 cm³/mol. The molecule has 2 atom stereocenters. The van der Waals surface area contributed by atoms with Gasteiger partial charge in [-0.1, -0.05) is 17.3 Å². The Labute approximate surface area is 108 Å². The Morgan fingerprint density at radius 3 is 3.00 bits per heavy atom. The van der Waals surface area contributed by atoms with Gasteiger partial charge in [-0.15, -0.1) is 0 Å². The van der Waals surface area contributed by atoms with Crippen LogP contribution in [0.4, 0.5) is 4.39 Å². The fraction of sp³-hybridized carbons (Fsp3) is 0.333. The zero-order valence-electron chi connectivity index (χ0n) is 9.54. The summed E-state index contributed by atoms with van der Waals surface area (Å²) in [6.07, 6.45) is 0. The van der Waals surface area contributed by atoms with E-state index in [0.29, 0.717) is 17.3 Å². The molecule has 4 nitrogen and oxygen atoms in total. The van der Waals surface area contributed by atoms with Crippen molar-refractivity contribution >= 4 is 11.8 Å². The van der Waals surface area contributed by atoms with E-state index in [-0.39, 0.29) is 17.8 Å². The van der Waals surface area contributed by atoms with Crippen LogP contribution in [0.1, 0.15) is 11.8 Å². The number of rotatable bonds is 2. The van der Waals surface area contributed by atoms with Gasteiger partial charge in [-0.3, -0.25) is 0 Å². The normalized spacial score (nSPS) is 23.4. The maximum absolute atomic E-state index is 13.1. The molecular weight excluding hydrogens is 253 g/mol. The summed E-state index contributed by atoms with van der Waals surface area (Å²) >= 11 is 1.78. The molecule has 0 aliphatic carbocycles. The second-order valence-electron chi connectivity index (χ2n) is 4.27. The highest BCUT2D eigenvalue weighted by Gasteiger charge is 2.30. The van der Waals surface area contributed by atoms with Gasteiger partial charge in [-0.25, -0.2) is 4.39 Å². The number of nitrogens with zero attached hydrogens (tertiary/aromatic N) is 2. The van der Waals surface area contributed by atoms with E-state index in [9.17, 15) is 4.39 Å². The van der Waals surface area contributed by atoms with Gasteiger partial charge >= 0.3 is 0 Å². The van der Waals surface area contributed by atoms with Crippen molar-refractivity contribution < 1.29 is 8.91 Å². The first kappa shape index (κ1) is 11.7. The van der Waals surface area contributed by atoms with Gasteiger partial charge < -0.3 is 10.3 Å². The van der Waals surface area contributed by atoms with Crippen molar-refractivity contribution in [2.24, 2.45) is 5.73 Å². The molecular formula is C12H12FN3OS. The second kappa shape index (κ2) is 4.70. The maximum Gasteiger partial charge on any atom is 0.232 e. The molecule has 2 N–H and O–H groups in total. The summed E-state index contributed by atoms with van der Waals surface area (Å²) in [5.74, 6) is 2.55. The van der Waals surface area contributed by atoms with Crippen molar-refractivity contribution in [3.8, 4) is 11.4 Å². The predicted octanol–water partition coefficient (Wildman–Crippen LogP) is 2.03. The van der Waals surface area contributed by atoms with Gasteiger partial charge in [0.05, 0.1) is 5.92 Å². The van der Waals surface area contributed by atoms with Gasteiger partial charge in [0.2, 0.25) is 11.7 Å². The molecule has 94 valence electrons. The molecule has 18 heavy (non-hydrogen) atoms. The Morgan fingerprint density at radius 2 is 2.28 bits per heavy atom. The molecule has 6 heteroatoms. The first-order chi connectivity index (χ1) is 8.74. The minimum Gasteiger partial charge on any atom is -0.339 e. The molecule has 2 unspecified atom stereocenters. The summed E-state index contributed by atoms with van der Waals surface area (Å²) in [6, 6.07) is 6.20. The lowest BCUT2D eigenvalue weighted by Gasteiger charge is -2.07. The van der Waals surface area contributed by atoms with E-state index >= 15 is 0 Å². The molecule has 1 fully saturated rings. The summed E-state index contributed by atoms with van der Waals surface area (Å²) < 4.78 is 18.3. The highest BCUT2D eigenvalue weighted by Crippen LogP contribution is 2.31. The second-order valence-corrected chi connectivity index (χ2v) is 5.35. The van der Waals surface area contributed by atoms with E-state index in [1.807, 2.05) is 0 Å². The van der Waals surface area contributed by atoms with Gasteiger partial charge in [0, 0.05) is 23.1 Å². The largest absolute Gasteiger partial charge is 0.339 e. The third-order valence-corrected chi connectivity index (χ3v) is 4.18. The summed E-state index contributed by atoms with van der Waals surface area (Å²) in [5, 5.41) is 3.89. The van der Waals surface area contributed by atoms with Crippen molar-refractivity contribution in [1.82, 2.24) is 10.1 Å². The average Bonchev–Trinajstić information content (AvgIpc) is 2.97.